The Morgan fingerprint density at radius 2 is 1.86 bits per heavy atom. The summed E-state index contributed by atoms with van der Waals surface area (Å²) in [5.74, 6) is 0.479. The van der Waals surface area contributed by atoms with Crippen molar-refractivity contribution < 1.29 is 14.3 Å². The highest BCUT2D eigenvalue weighted by Crippen LogP contribution is 2.27. The second kappa shape index (κ2) is 4.05. The van der Waals surface area contributed by atoms with Crippen molar-refractivity contribution in [3.05, 3.63) is 28.3 Å². The van der Waals surface area contributed by atoms with Crippen LogP contribution >= 0.6 is 0 Å². The van der Waals surface area contributed by atoms with E-state index in [0.717, 1.165) is 18.1 Å². The first-order valence-electron chi connectivity index (χ1n) is 4.24. The van der Waals surface area contributed by atoms with Crippen LogP contribution in [-0.2, 0) is 0 Å². The monoisotopic (exact) mass is 192 g/mol. The number of methoxy groups -OCH3 is 1. The molecule has 0 radical (unpaired) electrons. The molecule has 0 unspecified atom stereocenters. The molecular weight excluding hydrogens is 180 g/mol. The molecule has 3 nitrogen and oxygen atoms in total. The quantitative estimate of drug-likeness (QED) is 0.687. The molecule has 0 saturated heterocycles. The van der Waals surface area contributed by atoms with Gasteiger partial charge in [0.05, 0.1) is 12.7 Å². The van der Waals surface area contributed by atoms with Crippen LogP contribution in [0.15, 0.2) is 6.07 Å². The lowest BCUT2D eigenvalue weighted by atomic mass is 9.99. The van der Waals surface area contributed by atoms with E-state index in [9.17, 15) is 9.59 Å². The third kappa shape index (κ3) is 1.53. The first kappa shape index (κ1) is 10.4. The molecule has 0 aliphatic carbocycles. The van der Waals surface area contributed by atoms with Gasteiger partial charge in [-0.05, 0) is 25.5 Å². The maximum Gasteiger partial charge on any atom is 0.153 e. The molecule has 14 heavy (non-hydrogen) atoms. The number of hydrogen-bond donors (Lipinski definition) is 0. The Morgan fingerprint density at radius 3 is 2.29 bits per heavy atom. The zero-order chi connectivity index (χ0) is 10.7. The number of rotatable bonds is 3. The van der Waals surface area contributed by atoms with Crippen molar-refractivity contribution in [3.8, 4) is 5.75 Å². The third-order valence-corrected chi connectivity index (χ3v) is 2.25. The van der Waals surface area contributed by atoms with Gasteiger partial charge in [0.15, 0.2) is 12.6 Å². The van der Waals surface area contributed by atoms with Gasteiger partial charge in [0.25, 0.3) is 0 Å². The number of carbonyl (C=O) groups excluding carboxylic acids is 2. The Morgan fingerprint density at radius 1 is 1.21 bits per heavy atom. The molecule has 74 valence electrons. The molecule has 0 saturated carbocycles. The summed E-state index contributed by atoms with van der Waals surface area (Å²) in [7, 11) is 1.49. The standard InChI is InChI=1S/C11H12O3/c1-7-4-9(5-12)11(14-3)8(2)10(7)6-13/h4-6H,1-3H3. The van der Waals surface area contributed by atoms with Gasteiger partial charge >= 0.3 is 0 Å². The molecule has 1 rings (SSSR count). The third-order valence-electron chi connectivity index (χ3n) is 2.25. The molecule has 0 bridgehead atoms. The highest BCUT2D eigenvalue weighted by atomic mass is 16.5. The van der Waals surface area contributed by atoms with Crippen molar-refractivity contribution in [2.24, 2.45) is 0 Å². The lowest BCUT2D eigenvalue weighted by Gasteiger charge is -2.11. The Bertz CT molecular complexity index is 381. The molecule has 0 fully saturated rings. The summed E-state index contributed by atoms with van der Waals surface area (Å²) in [6, 6.07) is 1.66. The van der Waals surface area contributed by atoms with Crippen LogP contribution < -0.4 is 4.74 Å². The van der Waals surface area contributed by atoms with Crippen LogP contribution in [-0.4, -0.2) is 19.7 Å². The Balaban J connectivity index is 3.54. The van der Waals surface area contributed by atoms with Crippen molar-refractivity contribution in [2.75, 3.05) is 7.11 Å². The second-order valence-corrected chi connectivity index (χ2v) is 3.09. The van der Waals surface area contributed by atoms with Gasteiger partial charge in [-0.2, -0.15) is 0 Å². The average Bonchev–Trinajstić information content (AvgIpc) is 2.17. The van der Waals surface area contributed by atoms with E-state index in [1.165, 1.54) is 7.11 Å². The normalized spacial score (nSPS) is 9.64. The molecular formula is C11H12O3. The van der Waals surface area contributed by atoms with Crippen LogP contribution in [0.1, 0.15) is 31.8 Å². The van der Waals surface area contributed by atoms with Crippen LogP contribution in [0.3, 0.4) is 0 Å². The van der Waals surface area contributed by atoms with Gasteiger partial charge in [-0.3, -0.25) is 9.59 Å². The van der Waals surface area contributed by atoms with E-state index in [0.29, 0.717) is 22.4 Å². The topological polar surface area (TPSA) is 43.4 Å². The van der Waals surface area contributed by atoms with E-state index in [1.807, 2.05) is 0 Å². The fourth-order valence-corrected chi connectivity index (χ4v) is 1.55. The van der Waals surface area contributed by atoms with Crippen LogP contribution in [0, 0.1) is 13.8 Å². The largest absolute Gasteiger partial charge is 0.496 e. The van der Waals surface area contributed by atoms with Gasteiger partial charge in [-0.25, -0.2) is 0 Å². The molecule has 1 aromatic rings. The van der Waals surface area contributed by atoms with E-state index < -0.39 is 0 Å². The summed E-state index contributed by atoms with van der Waals surface area (Å²) in [5.41, 5.74) is 2.57. The van der Waals surface area contributed by atoms with Crippen LogP contribution in [0.25, 0.3) is 0 Å². The summed E-state index contributed by atoms with van der Waals surface area (Å²) in [6.07, 6.45) is 1.51. The van der Waals surface area contributed by atoms with Crippen molar-refractivity contribution >= 4 is 12.6 Å². The highest BCUT2D eigenvalue weighted by molar-refractivity contribution is 5.87. The number of benzene rings is 1. The molecule has 0 spiro atoms. The molecule has 0 aliphatic rings. The Hall–Kier alpha value is -1.64. The summed E-state index contributed by atoms with van der Waals surface area (Å²) in [4.78, 5) is 21.5. The second-order valence-electron chi connectivity index (χ2n) is 3.09. The average molecular weight is 192 g/mol. The van der Waals surface area contributed by atoms with Crippen molar-refractivity contribution in [1.82, 2.24) is 0 Å². The number of aldehydes is 2. The molecule has 0 atom stereocenters. The smallest absolute Gasteiger partial charge is 0.153 e. The molecule has 1 aromatic carbocycles. The summed E-state index contributed by atoms with van der Waals surface area (Å²) >= 11 is 0. The zero-order valence-corrected chi connectivity index (χ0v) is 8.46. The fraction of sp³-hybridized carbons (Fsp3) is 0.273. The summed E-state index contributed by atoms with van der Waals surface area (Å²) in [5, 5.41) is 0. The van der Waals surface area contributed by atoms with Gasteiger partial charge in [-0.15, -0.1) is 0 Å². The van der Waals surface area contributed by atoms with Crippen LogP contribution in [0.2, 0.25) is 0 Å². The van der Waals surface area contributed by atoms with Crippen LogP contribution in [0.4, 0.5) is 0 Å². The van der Waals surface area contributed by atoms with Crippen molar-refractivity contribution in [3.63, 3.8) is 0 Å². The van der Waals surface area contributed by atoms with Gasteiger partial charge in [0.2, 0.25) is 0 Å². The minimum Gasteiger partial charge on any atom is -0.496 e. The fourth-order valence-electron chi connectivity index (χ4n) is 1.55. The van der Waals surface area contributed by atoms with E-state index in [1.54, 1.807) is 19.9 Å². The molecule has 0 amide bonds. The maximum atomic E-state index is 10.8. The minimum atomic E-state index is 0.479. The van der Waals surface area contributed by atoms with Crippen molar-refractivity contribution in [1.29, 1.82) is 0 Å². The first-order valence-corrected chi connectivity index (χ1v) is 4.24. The summed E-state index contributed by atoms with van der Waals surface area (Å²) < 4.78 is 5.07. The number of carbonyl (C=O) groups is 2. The van der Waals surface area contributed by atoms with Gasteiger partial charge < -0.3 is 4.74 Å². The molecule has 0 aliphatic heterocycles. The predicted octanol–water partition coefficient (Wildman–Crippen LogP) is 1.94. The maximum absolute atomic E-state index is 10.8. The SMILES string of the molecule is COc1c(C=O)cc(C)c(C=O)c1C. The van der Waals surface area contributed by atoms with E-state index in [2.05, 4.69) is 0 Å². The molecule has 0 aromatic heterocycles. The van der Waals surface area contributed by atoms with Gasteiger partial charge in [0, 0.05) is 11.1 Å². The molecule has 3 heteroatoms. The number of aryl methyl sites for hydroxylation is 1. The summed E-state index contributed by atoms with van der Waals surface area (Å²) in [6.45, 7) is 3.56. The zero-order valence-electron chi connectivity index (χ0n) is 8.46. The minimum absolute atomic E-state index is 0.479. The molecule has 0 N–H and O–H groups in total. The van der Waals surface area contributed by atoms with Gasteiger partial charge in [0.1, 0.15) is 5.75 Å². The Kier molecular flexibility index (Phi) is 3.02. The number of ether oxygens (including phenoxy) is 1. The van der Waals surface area contributed by atoms with Crippen molar-refractivity contribution in [2.45, 2.75) is 13.8 Å². The van der Waals surface area contributed by atoms with E-state index in [-0.39, 0.29) is 0 Å². The number of hydrogen-bond acceptors (Lipinski definition) is 3. The van der Waals surface area contributed by atoms with E-state index >= 15 is 0 Å². The predicted molar refractivity (Wildman–Crippen MR) is 53.2 cm³/mol. The Labute approximate surface area is 82.7 Å². The highest BCUT2D eigenvalue weighted by Gasteiger charge is 2.12. The first-order chi connectivity index (χ1) is 6.65. The lowest BCUT2D eigenvalue weighted by molar-refractivity contribution is 0.110. The van der Waals surface area contributed by atoms with E-state index in [4.69, 9.17) is 4.74 Å². The molecule has 0 heterocycles. The van der Waals surface area contributed by atoms with Crippen LogP contribution in [0.5, 0.6) is 5.75 Å². The van der Waals surface area contributed by atoms with Gasteiger partial charge in [-0.1, -0.05) is 0 Å². The lowest BCUT2D eigenvalue weighted by Crippen LogP contribution is -2.00.